The standard InChI is InChI=1S/C12H17FN2O2/c1-3-5-8-14(4-2)11-7-6-10(13)9-12(11)15(16)17/h6-7,9H,3-5,8H2,1-2H3. The van der Waals surface area contributed by atoms with E-state index >= 15 is 0 Å². The molecule has 0 aliphatic rings. The van der Waals surface area contributed by atoms with E-state index in [2.05, 4.69) is 6.92 Å². The summed E-state index contributed by atoms with van der Waals surface area (Å²) in [6.07, 6.45) is 1.98. The molecule has 4 nitrogen and oxygen atoms in total. The number of rotatable bonds is 6. The Labute approximate surface area is 100 Å². The Kier molecular flexibility index (Phi) is 4.87. The van der Waals surface area contributed by atoms with Gasteiger partial charge in [0.25, 0.3) is 5.69 Å². The summed E-state index contributed by atoms with van der Waals surface area (Å²) in [5.41, 5.74) is 0.329. The normalized spacial score (nSPS) is 10.3. The van der Waals surface area contributed by atoms with Gasteiger partial charge in [0, 0.05) is 13.1 Å². The summed E-state index contributed by atoms with van der Waals surface area (Å²) in [4.78, 5) is 12.2. The predicted molar refractivity (Wildman–Crippen MR) is 65.8 cm³/mol. The van der Waals surface area contributed by atoms with E-state index in [1.807, 2.05) is 11.8 Å². The molecule has 0 saturated carbocycles. The number of halogens is 1. The lowest BCUT2D eigenvalue weighted by atomic mass is 10.2. The molecule has 1 aromatic carbocycles. The highest BCUT2D eigenvalue weighted by atomic mass is 19.1. The van der Waals surface area contributed by atoms with Crippen LogP contribution >= 0.6 is 0 Å². The number of hydrogen-bond acceptors (Lipinski definition) is 3. The first-order valence-corrected chi connectivity index (χ1v) is 5.79. The van der Waals surface area contributed by atoms with Gasteiger partial charge >= 0.3 is 0 Å². The average molecular weight is 240 g/mol. The number of hydrogen-bond donors (Lipinski definition) is 0. The van der Waals surface area contributed by atoms with E-state index in [0.717, 1.165) is 25.5 Å². The van der Waals surface area contributed by atoms with Crippen LogP contribution in [0.4, 0.5) is 15.8 Å². The first-order chi connectivity index (χ1) is 8.10. The van der Waals surface area contributed by atoms with Crippen LogP contribution in [0.1, 0.15) is 26.7 Å². The van der Waals surface area contributed by atoms with Gasteiger partial charge in [-0.05, 0) is 25.5 Å². The molecule has 0 saturated heterocycles. The van der Waals surface area contributed by atoms with Crippen molar-refractivity contribution in [1.82, 2.24) is 0 Å². The molecule has 0 unspecified atom stereocenters. The molecule has 0 bridgehead atoms. The number of nitrogens with zero attached hydrogens (tertiary/aromatic N) is 2. The third-order valence-corrected chi connectivity index (χ3v) is 2.64. The molecule has 1 aromatic rings. The van der Waals surface area contributed by atoms with Gasteiger partial charge < -0.3 is 4.90 Å². The molecule has 0 amide bonds. The fraction of sp³-hybridized carbons (Fsp3) is 0.500. The highest BCUT2D eigenvalue weighted by Crippen LogP contribution is 2.28. The lowest BCUT2D eigenvalue weighted by Crippen LogP contribution is -2.24. The molecule has 0 fully saturated rings. The molecule has 0 N–H and O–H groups in total. The zero-order valence-corrected chi connectivity index (χ0v) is 10.1. The molecule has 0 aliphatic heterocycles. The van der Waals surface area contributed by atoms with Crippen molar-refractivity contribution in [2.75, 3.05) is 18.0 Å². The molecular weight excluding hydrogens is 223 g/mol. The van der Waals surface area contributed by atoms with E-state index in [0.29, 0.717) is 12.2 Å². The number of unbranched alkanes of at least 4 members (excludes halogenated alkanes) is 1. The van der Waals surface area contributed by atoms with Gasteiger partial charge in [-0.25, -0.2) is 4.39 Å². The molecule has 0 atom stereocenters. The number of benzene rings is 1. The second-order valence-electron chi connectivity index (χ2n) is 3.82. The van der Waals surface area contributed by atoms with Gasteiger partial charge in [-0.1, -0.05) is 13.3 Å². The lowest BCUT2D eigenvalue weighted by Gasteiger charge is -2.22. The Balaban J connectivity index is 3.05. The van der Waals surface area contributed by atoms with Crippen molar-refractivity contribution in [2.24, 2.45) is 0 Å². The SMILES string of the molecule is CCCCN(CC)c1ccc(F)cc1[N+](=O)[O-]. The average Bonchev–Trinajstić information content (AvgIpc) is 2.31. The van der Waals surface area contributed by atoms with Crippen LogP contribution in [0.5, 0.6) is 0 Å². The van der Waals surface area contributed by atoms with E-state index < -0.39 is 10.7 Å². The minimum atomic E-state index is -0.577. The molecule has 0 radical (unpaired) electrons. The van der Waals surface area contributed by atoms with E-state index in [1.165, 1.54) is 12.1 Å². The highest BCUT2D eigenvalue weighted by molar-refractivity contribution is 5.63. The van der Waals surface area contributed by atoms with Crippen molar-refractivity contribution >= 4 is 11.4 Å². The maximum Gasteiger partial charge on any atom is 0.295 e. The zero-order valence-electron chi connectivity index (χ0n) is 10.1. The minimum Gasteiger partial charge on any atom is -0.366 e. The zero-order chi connectivity index (χ0) is 12.8. The maximum atomic E-state index is 13.0. The molecule has 17 heavy (non-hydrogen) atoms. The number of nitro groups is 1. The van der Waals surface area contributed by atoms with Crippen LogP contribution in [0, 0.1) is 15.9 Å². The topological polar surface area (TPSA) is 46.4 Å². The summed E-state index contributed by atoms with van der Waals surface area (Å²) in [5.74, 6) is -0.577. The van der Waals surface area contributed by atoms with Crippen molar-refractivity contribution in [3.05, 3.63) is 34.1 Å². The van der Waals surface area contributed by atoms with Crippen LogP contribution < -0.4 is 4.90 Å². The summed E-state index contributed by atoms with van der Waals surface area (Å²) in [6, 6.07) is 3.72. The summed E-state index contributed by atoms with van der Waals surface area (Å²) in [5, 5.41) is 10.9. The molecule has 0 spiro atoms. The van der Waals surface area contributed by atoms with Gasteiger partial charge in [-0.15, -0.1) is 0 Å². The van der Waals surface area contributed by atoms with E-state index in [-0.39, 0.29) is 5.69 Å². The molecule has 94 valence electrons. The minimum absolute atomic E-state index is 0.164. The Bertz CT molecular complexity index is 396. The molecule has 1 rings (SSSR count). The molecule has 5 heteroatoms. The van der Waals surface area contributed by atoms with E-state index in [1.54, 1.807) is 0 Å². The third-order valence-electron chi connectivity index (χ3n) is 2.64. The van der Waals surface area contributed by atoms with Crippen molar-refractivity contribution < 1.29 is 9.31 Å². The van der Waals surface area contributed by atoms with Gasteiger partial charge in [0.1, 0.15) is 11.5 Å². The Hall–Kier alpha value is -1.65. The van der Waals surface area contributed by atoms with Crippen molar-refractivity contribution in [2.45, 2.75) is 26.7 Å². The fourth-order valence-electron chi connectivity index (χ4n) is 1.71. The third kappa shape index (κ3) is 3.41. The lowest BCUT2D eigenvalue weighted by molar-refractivity contribution is -0.384. The largest absolute Gasteiger partial charge is 0.366 e. The fourth-order valence-corrected chi connectivity index (χ4v) is 1.71. The second-order valence-corrected chi connectivity index (χ2v) is 3.82. The van der Waals surface area contributed by atoms with Crippen LogP contribution in [0.15, 0.2) is 18.2 Å². The van der Waals surface area contributed by atoms with Gasteiger partial charge in [-0.2, -0.15) is 0 Å². The number of anilines is 1. The Morgan fingerprint density at radius 2 is 2.12 bits per heavy atom. The van der Waals surface area contributed by atoms with Gasteiger partial charge in [0.2, 0.25) is 0 Å². The first-order valence-electron chi connectivity index (χ1n) is 5.79. The summed E-state index contributed by atoms with van der Waals surface area (Å²) < 4.78 is 13.0. The van der Waals surface area contributed by atoms with Crippen molar-refractivity contribution in [1.29, 1.82) is 0 Å². The summed E-state index contributed by atoms with van der Waals surface area (Å²) >= 11 is 0. The van der Waals surface area contributed by atoms with Gasteiger partial charge in [0.15, 0.2) is 0 Å². The molecule has 0 heterocycles. The Morgan fingerprint density at radius 3 is 2.65 bits per heavy atom. The van der Waals surface area contributed by atoms with Crippen LogP contribution in [0.2, 0.25) is 0 Å². The smallest absolute Gasteiger partial charge is 0.295 e. The Morgan fingerprint density at radius 1 is 1.41 bits per heavy atom. The van der Waals surface area contributed by atoms with Gasteiger partial charge in [-0.3, -0.25) is 10.1 Å². The van der Waals surface area contributed by atoms with Crippen LogP contribution in [0.25, 0.3) is 0 Å². The predicted octanol–water partition coefficient (Wildman–Crippen LogP) is 3.36. The first kappa shape index (κ1) is 13.4. The maximum absolute atomic E-state index is 13.0. The quantitative estimate of drug-likeness (QED) is 0.565. The summed E-state index contributed by atoms with van der Waals surface area (Å²) in [6.45, 7) is 5.42. The number of nitro benzene ring substituents is 1. The monoisotopic (exact) mass is 240 g/mol. The second kappa shape index (κ2) is 6.18. The molecule has 0 aromatic heterocycles. The molecular formula is C12H17FN2O2. The van der Waals surface area contributed by atoms with E-state index in [4.69, 9.17) is 0 Å². The van der Waals surface area contributed by atoms with Crippen molar-refractivity contribution in [3.63, 3.8) is 0 Å². The van der Waals surface area contributed by atoms with Gasteiger partial charge in [0.05, 0.1) is 11.0 Å². The summed E-state index contributed by atoms with van der Waals surface area (Å²) in [7, 11) is 0. The van der Waals surface area contributed by atoms with Crippen LogP contribution in [-0.2, 0) is 0 Å². The molecule has 0 aliphatic carbocycles. The van der Waals surface area contributed by atoms with E-state index in [9.17, 15) is 14.5 Å². The highest BCUT2D eigenvalue weighted by Gasteiger charge is 2.18. The van der Waals surface area contributed by atoms with Crippen LogP contribution in [0.3, 0.4) is 0 Å². The van der Waals surface area contributed by atoms with Crippen molar-refractivity contribution in [3.8, 4) is 0 Å². The van der Waals surface area contributed by atoms with Crippen LogP contribution in [-0.4, -0.2) is 18.0 Å².